The molecule has 0 aromatic heterocycles. The molecule has 3 rings (SSSR count). The van der Waals surface area contributed by atoms with Crippen LogP contribution in [-0.2, 0) is 0 Å². The molecule has 2 aliphatic rings. The quantitative estimate of drug-likeness (QED) is 0.810. The zero-order valence-electron chi connectivity index (χ0n) is 11.6. The number of hydrogen-bond acceptors (Lipinski definition) is 2. The molecular formula is C16H21IN2O. The van der Waals surface area contributed by atoms with E-state index in [9.17, 15) is 4.79 Å². The van der Waals surface area contributed by atoms with Crippen LogP contribution in [0.3, 0.4) is 0 Å². The summed E-state index contributed by atoms with van der Waals surface area (Å²) < 4.78 is 1.18. The van der Waals surface area contributed by atoms with Crippen LogP contribution in [0.2, 0.25) is 0 Å². The van der Waals surface area contributed by atoms with E-state index in [-0.39, 0.29) is 5.91 Å². The first-order valence-corrected chi connectivity index (χ1v) is 8.59. The van der Waals surface area contributed by atoms with E-state index in [1.54, 1.807) is 0 Å². The lowest BCUT2D eigenvalue weighted by Crippen LogP contribution is -2.40. The van der Waals surface area contributed by atoms with E-state index < -0.39 is 0 Å². The second-order valence-electron chi connectivity index (χ2n) is 5.89. The van der Waals surface area contributed by atoms with Crippen molar-refractivity contribution in [2.24, 2.45) is 5.92 Å². The monoisotopic (exact) mass is 384 g/mol. The molecule has 3 nitrogen and oxygen atoms in total. The Bertz CT molecular complexity index is 464. The van der Waals surface area contributed by atoms with Crippen molar-refractivity contribution in [1.29, 1.82) is 0 Å². The summed E-state index contributed by atoms with van der Waals surface area (Å²) in [5.41, 5.74) is 0.839. The fourth-order valence-electron chi connectivity index (χ4n) is 2.88. The predicted octanol–water partition coefficient (Wildman–Crippen LogP) is 2.90. The second-order valence-corrected chi connectivity index (χ2v) is 7.13. The number of piperidine rings is 1. The van der Waals surface area contributed by atoms with Crippen molar-refractivity contribution in [1.82, 2.24) is 10.2 Å². The summed E-state index contributed by atoms with van der Waals surface area (Å²) in [5.74, 6) is 0.895. The van der Waals surface area contributed by atoms with Crippen LogP contribution in [0.25, 0.3) is 0 Å². The van der Waals surface area contributed by atoms with Crippen molar-refractivity contribution >= 4 is 28.5 Å². The molecule has 1 aliphatic heterocycles. The Morgan fingerprint density at radius 2 is 1.80 bits per heavy atom. The van der Waals surface area contributed by atoms with Gasteiger partial charge in [0.05, 0.1) is 0 Å². The van der Waals surface area contributed by atoms with Gasteiger partial charge in [0.2, 0.25) is 0 Å². The maximum absolute atomic E-state index is 12.7. The van der Waals surface area contributed by atoms with Gasteiger partial charge in [-0.1, -0.05) is 0 Å². The van der Waals surface area contributed by atoms with Crippen LogP contribution in [-0.4, -0.2) is 36.5 Å². The van der Waals surface area contributed by atoms with Crippen molar-refractivity contribution in [3.63, 3.8) is 0 Å². The summed E-state index contributed by atoms with van der Waals surface area (Å²) in [4.78, 5) is 14.9. The van der Waals surface area contributed by atoms with Crippen molar-refractivity contribution < 1.29 is 4.79 Å². The molecule has 1 heterocycles. The van der Waals surface area contributed by atoms with Crippen LogP contribution >= 0.6 is 22.6 Å². The maximum Gasteiger partial charge on any atom is 0.254 e. The number of benzene rings is 1. The van der Waals surface area contributed by atoms with Crippen molar-refractivity contribution in [3.05, 3.63) is 33.4 Å². The molecule has 20 heavy (non-hydrogen) atoms. The third-order valence-corrected chi connectivity index (χ3v) is 4.97. The number of carbonyl (C=O) groups excluding carboxylic acids is 1. The average molecular weight is 384 g/mol. The van der Waals surface area contributed by atoms with Gasteiger partial charge in [-0.25, -0.2) is 0 Å². The number of carbonyl (C=O) groups is 1. The molecule has 0 bridgehead atoms. The fourth-order valence-corrected chi connectivity index (χ4v) is 3.24. The summed E-state index contributed by atoms with van der Waals surface area (Å²) in [6.07, 6.45) is 4.76. The fraction of sp³-hybridized carbons (Fsp3) is 0.562. The van der Waals surface area contributed by atoms with E-state index >= 15 is 0 Å². The van der Waals surface area contributed by atoms with E-state index in [2.05, 4.69) is 32.8 Å². The van der Waals surface area contributed by atoms with E-state index in [0.717, 1.165) is 25.2 Å². The van der Waals surface area contributed by atoms with E-state index in [4.69, 9.17) is 0 Å². The first kappa shape index (κ1) is 14.3. The second kappa shape index (κ2) is 6.43. The molecule has 4 heteroatoms. The third kappa shape index (κ3) is 3.52. The summed E-state index contributed by atoms with van der Waals surface area (Å²) in [6.45, 7) is 3.14. The van der Waals surface area contributed by atoms with E-state index in [1.165, 1.54) is 29.3 Å². The summed E-state index contributed by atoms with van der Waals surface area (Å²) in [6, 6.07) is 8.45. The number of nitrogens with zero attached hydrogens (tertiary/aromatic N) is 1. The van der Waals surface area contributed by atoms with Crippen LogP contribution in [0, 0.1) is 9.49 Å². The molecule has 2 fully saturated rings. The Kier molecular flexibility index (Phi) is 4.61. The lowest BCUT2D eigenvalue weighted by atomic mass is 9.97. The van der Waals surface area contributed by atoms with Gasteiger partial charge in [0.1, 0.15) is 0 Å². The molecule has 0 radical (unpaired) electrons. The summed E-state index contributed by atoms with van der Waals surface area (Å²) in [7, 11) is 0. The van der Waals surface area contributed by atoms with Gasteiger partial charge in [-0.3, -0.25) is 4.79 Å². The van der Waals surface area contributed by atoms with E-state index in [0.29, 0.717) is 12.0 Å². The SMILES string of the molecule is O=C(c1ccc(I)cc1)N(CC1CCNCC1)C1CC1. The Morgan fingerprint density at radius 1 is 1.15 bits per heavy atom. The van der Waals surface area contributed by atoms with Crippen LogP contribution in [0.4, 0.5) is 0 Å². The van der Waals surface area contributed by atoms with Crippen LogP contribution in [0.15, 0.2) is 24.3 Å². The molecule has 1 N–H and O–H groups in total. The van der Waals surface area contributed by atoms with Crippen molar-refractivity contribution in [3.8, 4) is 0 Å². The van der Waals surface area contributed by atoms with Gasteiger partial charge in [0.15, 0.2) is 0 Å². The molecule has 0 unspecified atom stereocenters. The average Bonchev–Trinajstić information content (AvgIpc) is 3.30. The smallest absolute Gasteiger partial charge is 0.254 e. The predicted molar refractivity (Wildman–Crippen MR) is 88.8 cm³/mol. The maximum atomic E-state index is 12.7. The highest BCUT2D eigenvalue weighted by molar-refractivity contribution is 14.1. The molecule has 1 aromatic carbocycles. The van der Waals surface area contributed by atoms with Gasteiger partial charge >= 0.3 is 0 Å². The van der Waals surface area contributed by atoms with Gasteiger partial charge in [0.25, 0.3) is 5.91 Å². The van der Waals surface area contributed by atoms with Crippen LogP contribution in [0.5, 0.6) is 0 Å². The topological polar surface area (TPSA) is 32.3 Å². The molecule has 1 saturated heterocycles. The number of rotatable bonds is 4. The van der Waals surface area contributed by atoms with Crippen molar-refractivity contribution in [2.45, 2.75) is 31.7 Å². The molecule has 1 aliphatic carbocycles. The summed E-state index contributed by atoms with van der Waals surface area (Å²) in [5, 5.41) is 3.40. The number of halogens is 1. The Morgan fingerprint density at radius 3 is 2.40 bits per heavy atom. The van der Waals surface area contributed by atoms with Crippen LogP contribution < -0.4 is 5.32 Å². The Balaban J connectivity index is 1.69. The van der Waals surface area contributed by atoms with Gasteiger partial charge in [-0.15, -0.1) is 0 Å². The minimum absolute atomic E-state index is 0.224. The van der Waals surface area contributed by atoms with Gasteiger partial charge < -0.3 is 10.2 Å². The highest BCUT2D eigenvalue weighted by Gasteiger charge is 2.34. The first-order chi connectivity index (χ1) is 9.74. The molecule has 0 spiro atoms. The first-order valence-electron chi connectivity index (χ1n) is 7.51. The number of nitrogens with one attached hydrogen (secondary N) is 1. The minimum Gasteiger partial charge on any atom is -0.335 e. The standard InChI is InChI=1S/C16H21IN2O/c17-14-3-1-13(2-4-14)16(20)19(15-5-6-15)11-12-7-9-18-10-8-12/h1-4,12,15,18H,5-11H2. The number of hydrogen-bond donors (Lipinski definition) is 1. The largest absolute Gasteiger partial charge is 0.335 e. The molecule has 1 saturated carbocycles. The lowest BCUT2D eigenvalue weighted by Gasteiger charge is -2.30. The zero-order valence-corrected chi connectivity index (χ0v) is 13.8. The molecule has 1 amide bonds. The molecular weight excluding hydrogens is 363 g/mol. The number of amides is 1. The van der Waals surface area contributed by atoms with Crippen molar-refractivity contribution in [2.75, 3.05) is 19.6 Å². The molecule has 0 atom stereocenters. The van der Waals surface area contributed by atoms with Crippen LogP contribution in [0.1, 0.15) is 36.0 Å². The Hall–Kier alpha value is -0.620. The highest BCUT2D eigenvalue weighted by atomic mass is 127. The third-order valence-electron chi connectivity index (χ3n) is 4.25. The molecule has 108 valence electrons. The lowest BCUT2D eigenvalue weighted by molar-refractivity contribution is 0.0701. The summed E-state index contributed by atoms with van der Waals surface area (Å²) >= 11 is 2.28. The van der Waals surface area contributed by atoms with Gasteiger partial charge in [-0.05, 0) is 91.5 Å². The van der Waals surface area contributed by atoms with E-state index in [1.807, 2.05) is 24.3 Å². The van der Waals surface area contributed by atoms with Gasteiger partial charge in [0, 0.05) is 21.7 Å². The minimum atomic E-state index is 0.224. The Labute approximate surface area is 134 Å². The highest BCUT2D eigenvalue weighted by Crippen LogP contribution is 2.30. The zero-order chi connectivity index (χ0) is 13.9. The van der Waals surface area contributed by atoms with Gasteiger partial charge in [-0.2, -0.15) is 0 Å². The normalized spacial score (nSPS) is 19.9. The molecule has 1 aromatic rings.